The lowest BCUT2D eigenvalue weighted by Crippen LogP contribution is -2.72. The van der Waals surface area contributed by atoms with Gasteiger partial charge in [-0.25, -0.2) is 14.4 Å². The Labute approximate surface area is 567 Å². The van der Waals surface area contributed by atoms with Crippen LogP contribution in [0.25, 0.3) is 20.2 Å². The molecule has 0 saturated carbocycles. The van der Waals surface area contributed by atoms with Gasteiger partial charge in [-0.1, -0.05) is 194 Å². The molecular weight excluding hydrogens is 1190 g/mol. The number of thiophene rings is 1. The Morgan fingerprint density at radius 1 is 0.258 bits per heavy atom. The van der Waals surface area contributed by atoms with Crippen molar-refractivity contribution in [3.8, 4) is 0 Å². The summed E-state index contributed by atoms with van der Waals surface area (Å²) in [5.74, 6) is 2.35. The van der Waals surface area contributed by atoms with Gasteiger partial charge in [0.1, 0.15) is 17.1 Å². The predicted octanol–water partition coefficient (Wildman–Crippen LogP) is 12.6. The zero-order valence-electron chi connectivity index (χ0n) is 53.1. The van der Waals surface area contributed by atoms with Gasteiger partial charge >= 0.3 is 0 Å². The zero-order chi connectivity index (χ0) is 63.2. The summed E-state index contributed by atoms with van der Waals surface area (Å²) in [6, 6.07) is 111. The van der Waals surface area contributed by atoms with Crippen molar-refractivity contribution in [3.05, 3.63) is 297 Å². The Balaban J connectivity index is 0.823. The molecule has 8 aliphatic rings. The molecule has 0 amide bonds. The monoisotopic (exact) mass is 1250 g/mol. The van der Waals surface area contributed by atoms with Crippen molar-refractivity contribution in [3.63, 3.8) is 0 Å². The van der Waals surface area contributed by atoms with E-state index in [1.54, 1.807) is 0 Å². The molecule has 0 spiro atoms. The first-order chi connectivity index (χ1) is 48.1. The minimum atomic E-state index is -0.107. The third-order valence-corrected chi connectivity index (χ3v) is 23.8. The van der Waals surface area contributed by atoms with Crippen molar-refractivity contribution >= 4 is 227 Å². The van der Waals surface area contributed by atoms with Gasteiger partial charge in [0, 0.05) is 94.0 Å². The average molecular weight is 1250 g/mol. The third kappa shape index (κ3) is 6.59. The highest BCUT2D eigenvalue weighted by Crippen LogP contribution is 2.54. The fraction of sp³-hybridized carbons (Fsp3) is 0.0235. The van der Waals surface area contributed by atoms with E-state index in [4.69, 9.17) is 0 Å². The fourth-order valence-corrected chi connectivity index (χ4v) is 20.4. The van der Waals surface area contributed by atoms with E-state index in [1.807, 2.05) is 11.3 Å². The minimum Gasteiger partial charge on any atom is -0.312 e. The first kappa shape index (κ1) is 52.6. The molecule has 15 aromatic rings. The van der Waals surface area contributed by atoms with E-state index in [0.29, 0.717) is 0 Å². The molecule has 8 aliphatic heterocycles. The second-order valence-corrected chi connectivity index (χ2v) is 28.3. The maximum Gasteiger partial charge on any atom is 0.259 e. The van der Waals surface area contributed by atoms with Crippen molar-refractivity contribution in [1.29, 1.82) is 0 Å². The van der Waals surface area contributed by atoms with E-state index >= 15 is 0 Å². The molecule has 23 rings (SSSR count). The summed E-state index contributed by atoms with van der Waals surface area (Å²) in [5.41, 5.74) is 36.7. The largest absolute Gasteiger partial charge is 0.312 e. The summed E-state index contributed by atoms with van der Waals surface area (Å²) >= 11 is 1.93. The molecule has 0 atom stereocenters. The highest BCUT2D eigenvalue weighted by Gasteiger charge is 2.57. The van der Waals surface area contributed by atoms with Crippen LogP contribution in [0.4, 0.5) is 103 Å². The van der Waals surface area contributed by atoms with E-state index in [9.17, 15) is 0 Å². The molecule has 0 unspecified atom stereocenters. The van der Waals surface area contributed by atoms with Gasteiger partial charge in [-0.05, 0) is 170 Å². The topological polar surface area (TPSA) is 23.3 Å². The number of fused-ring (bicyclic) bond motifs is 23. The standard InChI is InChI=1S/C85H54B4N7S/c1-51-80-76-82-77-81(51)92(53-29-9-4-10-30-53)72-49-74-56(47-64(72)88(77)62-39-19-25-45-70(62)95(82)68-43-23-17-37-60(68)86(76)58-35-15-21-41-66(58)91(80)52-27-7-3-8-28-52)57-48-65-73(50-75(57)97-74)94(55-33-13-6-14-34-55)85-79-83-78-84(90(85)2)93(54-31-11-5-12-32-54)67-42-22-16-36-59(67)87(78)61-38-18-24-44-69(61)96(83)71-46-26-20-40-63(71)89(65)79/h3-50H,1-2H3/q+1. The minimum absolute atomic E-state index is 0.00334. The van der Waals surface area contributed by atoms with E-state index in [0.717, 1.165) is 22.7 Å². The van der Waals surface area contributed by atoms with Crippen molar-refractivity contribution in [2.45, 2.75) is 6.92 Å². The third-order valence-electron chi connectivity index (χ3n) is 22.7. The normalized spacial score (nSPS) is 14.5. The quantitative estimate of drug-likeness (QED) is 0.129. The molecule has 7 nitrogen and oxygen atoms in total. The zero-order valence-corrected chi connectivity index (χ0v) is 53.9. The molecule has 2 aromatic heterocycles. The van der Waals surface area contributed by atoms with E-state index < -0.39 is 0 Å². The lowest BCUT2D eigenvalue weighted by molar-refractivity contribution is -0.643. The summed E-state index contributed by atoms with van der Waals surface area (Å²) < 4.78 is 5.10. The Morgan fingerprint density at radius 3 is 0.918 bits per heavy atom. The van der Waals surface area contributed by atoms with Gasteiger partial charge in [0.2, 0.25) is 11.6 Å². The van der Waals surface area contributed by atoms with Crippen LogP contribution in [0.5, 0.6) is 0 Å². The van der Waals surface area contributed by atoms with Gasteiger partial charge < -0.3 is 19.6 Å². The number of benzene rings is 13. The van der Waals surface area contributed by atoms with Crippen molar-refractivity contribution in [2.75, 3.05) is 29.4 Å². The number of hydrogen-bond acceptors (Lipinski definition) is 7. The molecule has 446 valence electrons. The lowest BCUT2D eigenvalue weighted by atomic mass is 9.28. The predicted molar refractivity (Wildman–Crippen MR) is 412 cm³/mol. The van der Waals surface area contributed by atoms with Gasteiger partial charge in [-0.15, -0.1) is 11.3 Å². The Kier molecular flexibility index (Phi) is 10.3. The molecule has 0 fully saturated rings. The second-order valence-electron chi connectivity index (χ2n) is 27.2. The van der Waals surface area contributed by atoms with Crippen LogP contribution < -0.4 is 99.5 Å². The molecule has 0 aliphatic carbocycles. The van der Waals surface area contributed by atoms with Crippen LogP contribution in [-0.4, -0.2) is 26.9 Å². The van der Waals surface area contributed by atoms with Crippen molar-refractivity contribution in [2.24, 2.45) is 7.05 Å². The van der Waals surface area contributed by atoms with Crippen LogP contribution in [0.2, 0.25) is 0 Å². The molecule has 0 N–H and O–H groups in total. The number of pyridine rings is 1. The molecule has 0 radical (unpaired) electrons. The number of aromatic nitrogens is 1. The molecular formula is C85H54B4N7S+. The van der Waals surface area contributed by atoms with E-state index in [1.165, 1.54) is 171 Å². The van der Waals surface area contributed by atoms with Crippen LogP contribution in [0.1, 0.15) is 5.56 Å². The number of nitrogens with zero attached hydrogens (tertiary/aromatic N) is 7. The molecule has 0 saturated heterocycles. The number of rotatable bonds is 4. The van der Waals surface area contributed by atoms with Gasteiger partial charge in [0.25, 0.3) is 26.9 Å². The Bertz CT molecular complexity index is 5640. The highest BCUT2D eigenvalue weighted by molar-refractivity contribution is 7.26. The Morgan fingerprint density at radius 2 is 0.526 bits per heavy atom. The number of hydrogen-bond donors (Lipinski definition) is 0. The molecule has 10 heterocycles. The van der Waals surface area contributed by atoms with Crippen LogP contribution >= 0.6 is 11.3 Å². The highest BCUT2D eigenvalue weighted by atomic mass is 32.1. The van der Waals surface area contributed by atoms with Crippen LogP contribution in [0, 0.1) is 6.92 Å². The van der Waals surface area contributed by atoms with Gasteiger partial charge in [0.15, 0.2) is 0 Å². The lowest BCUT2D eigenvalue weighted by Gasteiger charge is -2.52. The smallest absolute Gasteiger partial charge is 0.259 e. The van der Waals surface area contributed by atoms with Crippen LogP contribution in [0.15, 0.2) is 291 Å². The van der Waals surface area contributed by atoms with Gasteiger partial charge in [0.05, 0.1) is 12.7 Å². The summed E-state index contributed by atoms with van der Waals surface area (Å²) in [6.07, 6.45) is 0. The molecule has 12 heteroatoms. The summed E-state index contributed by atoms with van der Waals surface area (Å²) in [7, 11) is 2.34. The van der Waals surface area contributed by atoms with Gasteiger partial charge in [-0.2, -0.15) is 0 Å². The average Bonchev–Trinajstić information content (AvgIpc) is 1.12. The summed E-state index contributed by atoms with van der Waals surface area (Å²) in [6.45, 7) is 2.22. The number of anilines is 18. The van der Waals surface area contributed by atoms with Crippen LogP contribution in [-0.2, 0) is 7.05 Å². The summed E-state index contributed by atoms with van der Waals surface area (Å²) in [4.78, 5) is 15.7. The van der Waals surface area contributed by atoms with Crippen LogP contribution in [0.3, 0.4) is 0 Å². The fourth-order valence-electron chi connectivity index (χ4n) is 19.2. The van der Waals surface area contributed by atoms with Gasteiger partial charge in [-0.3, -0.25) is 0 Å². The molecule has 0 bridgehead atoms. The summed E-state index contributed by atoms with van der Waals surface area (Å²) in [5, 5.41) is 2.58. The number of para-hydroxylation sites is 10. The SMILES string of the molecule is Cc1c2c3c4c5c1N(c1ccccc1)c1cc6sc7cc8c(cc7c6cc1B5c1ccccc1N4c1ccccc1B3c1ccccc1N2c1ccccc1)B1c2ccccc2N2c3ccccc3B3c4ccccc4N(c4ccccc4)c4c3c2c1c([n+]4C)N8c1ccccc1. The van der Waals surface area contributed by atoms with E-state index in [-0.39, 0.29) is 26.9 Å². The maximum absolute atomic E-state index is 2.66. The molecule has 97 heavy (non-hydrogen) atoms. The first-order valence-electron chi connectivity index (χ1n) is 34.0. The first-order valence-corrected chi connectivity index (χ1v) is 34.8. The Hall–Kier alpha value is -11.7. The van der Waals surface area contributed by atoms with Crippen molar-refractivity contribution in [1.82, 2.24) is 0 Å². The second kappa shape index (κ2) is 19.0. The van der Waals surface area contributed by atoms with E-state index in [2.05, 4.69) is 339 Å². The maximum atomic E-state index is 2.66. The van der Waals surface area contributed by atoms with Crippen molar-refractivity contribution < 1.29 is 4.57 Å². The molecule has 13 aromatic carbocycles.